The molecular weight excluding hydrogens is 284 g/mol. The van der Waals surface area contributed by atoms with E-state index in [0.717, 1.165) is 19.5 Å². The van der Waals surface area contributed by atoms with Gasteiger partial charge in [0.05, 0.1) is 0 Å². The van der Waals surface area contributed by atoms with Gasteiger partial charge in [0.25, 0.3) is 0 Å². The molecule has 1 aromatic rings. The van der Waals surface area contributed by atoms with Gasteiger partial charge >= 0.3 is 0 Å². The molecule has 1 amide bonds. The second-order valence-corrected chi connectivity index (χ2v) is 5.85. The molecule has 2 N–H and O–H groups in total. The van der Waals surface area contributed by atoms with Crippen molar-refractivity contribution in [1.29, 1.82) is 0 Å². The van der Waals surface area contributed by atoms with E-state index >= 15 is 0 Å². The largest absolute Gasteiger partial charge is 0.356 e. The van der Waals surface area contributed by atoms with E-state index < -0.39 is 0 Å². The van der Waals surface area contributed by atoms with Crippen molar-refractivity contribution < 1.29 is 4.79 Å². The van der Waals surface area contributed by atoms with Gasteiger partial charge in [-0.05, 0) is 23.4 Å². The molecule has 2 rings (SSSR count). The quantitative estimate of drug-likeness (QED) is 0.491. The Morgan fingerprint density at radius 3 is 3.19 bits per heavy atom. The molecule has 0 aromatic carbocycles. The molecule has 0 aliphatic carbocycles. The normalized spacial score (nSPS) is 14.5. The first kappa shape index (κ1) is 15.6. The molecule has 0 spiro atoms. The van der Waals surface area contributed by atoms with Gasteiger partial charge in [-0.25, -0.2) is 0 Å². The fraction of sp³-hybridized carbons (Fsp3) is 0.467. The standard InChI is InChI=1S/C15H22N4OS/c1-3-7-17-15(16-2)18-8-4-14(20)19-9-5-13-12(11-19)6-10-21-13/h3,6,10H,1,4-5,7-9,11H2,2H3,(H2,16,17,18). The number of nitrogens with zero attached hydrogens (tertiary/aromatic N) is 2. The van der Waals surface area contributed by atoms with Crippen LogP contribution in [0.15, 0.2) is 29.1 Å². The summed E-state index contributed by atoms with van der Waals surface area (Å²) in [5.74, 6) is 0.889. The molecule has 0 unspecified atom stereocenters. The zero-order valence-corrected chi connectivity index (χ0v) is 13.2. The lowest BCUT2D eigenvalue weighted by atomic mass is 10.1. The highest BCUT2D eigenvalue weighted by atomic mass is 32.1. The molecule has 5 nitrogen and oxygen atoms in total. The zero-order valence-electron chi connectivity index (χ0n) is 12.4. The van der Waals surface area contributed by atoms with Crippen LogP contribution in [0.2, 0.25) is 0 Å². The summed E-state index contributed by atoms with van der Waals surface area (Å²) in [5.41, 5.74) is 1.30. The predicted octanol–water partition coefficient (Wildman–Crippen LogP) is 1.37. The van der Waals surface area contributed by atoms with E-state index in [4.69, 9.17) is 0 Å². The van der Waals surface area contributed by atoms with E-state index in [9.17, 15) is 4.79 Å². The first-order chi connectivity index (χ1) is 10.2. The van der Waals surface area contributed by atoms with E-state index in [2.05, 4.69) is 33.7 Å². The van der Waals surface area contributed by atoms with E-state index in [1.165, 1.54) is 10.4 Å². The molecule has 21 heavy (non-hydrogen) atoms. The van der Waals surface area contributed by atoms with Crippen molar-refractivity contribution in [3.8, 4) is 0 Å². The van der Waals surface area contributed by atoms with Gasteiger partial charge in [-0.3, -0.25) is 9.79 Å². The molecule has 0 bridgehead atoms. The van der Waals surface area contributed by atoms with Crippen molar-refractivity contribution in [3.05, 3.63) is 34.5 Å². The van der Waals surface area contributed by atoms with Crippen LogP contribution in [0.25, 0.3) is 0 Å². The molecule has 0 fully saturated rings. The Labute approximate surface area is 129 Å². The Hall–Kier alpha value is -1.82. The van der Waals surface area contributed by atoms with Crippen LogP contribution in [-0.4, -0.2) is 43.4 Å². The minimum Gasteiger partial charge on any atom is -0.356 e. The maximum absolute atomic E-state index is 12.2. The minimum atomic E-state index is 0.193. The molecule has 1 aromatic heterocycles. The van der Waals surface area contributed by atoms with Crippen molar-refractivity contribution in [3.63, 3.8) is 0 Å². The first-order valence-electron chi connectivity index (χ1n) is 7.13. The number of aliphatic imine (C=N–C) groups is 1. The molecular formula is C15H22N4OS. The highest BCUT2D eigenvalue weighted by Gasteiger charge is 2.20. The fourth-order valence-electron chi connectivity index (χ4n) is 2.30. The monoisotopic (exact) mass is 306 g/mol. The molecule has 2 heterocycles. The van der Waals surface area contributed by atoms with Gasteiger partial charge in [0.15, 0.2) is 5.96 Å². The lowest BCUT2D eigenvalue weighted by Gasteiger charge is -2.27. The average molecular weight is 306 g/mol. The van der Waals surface area contributed by atoms with Crippen LogP contribution in [0, 0.1) is 0 Å². The van der Waals surface area contributed by atoms with Crippen LogP contribution in [0.5, 0.6) is 0 Å². The lowest BCUT2D eigenvalue weighted by Crippen LogP contribution is -2.41. The third kappa shape index (κ3) is 4.32. The molecule has 1 aliphatic rings. The SMILES string of the molecule is C=CCNC(=NC)NCCC(=O)N1CCc2sccc2C1. The minimum absolute atomic E-state index is 0.193. The van der Waals surface area contributed by atoms with Crippen molar-refractivity contribution in [2.75, 3.05) is 26.7 Å². The summed E-state index contributed by atoms with van der Waals surface area (Å²) in [6.07, 6.45) is 3.23. The number of fused-ring (bicyclic) bond motifs is 1. The van der Waals surface area contributed by atoms with E-state index in [1.807, 2.05) is 4.90 Å². The summed E-state index contributed by atoms with van der Waals surface area (Å²) in [6.45, 7) is 6.47. The summed E-state index contributed by atoms with van der Waals surface area (Å²) in [6, 6.07) is 2.12. The molecule has 0 saturated heterocycles. The molecule has 114 valence electrons. The van der Waals surface area contributed by atoms with E-state index in [1.54, 1.807) is 24.5 Å². The van der Waals surface area contributed by atoms with Crippen molar-refractivity contribution in [2.24, 2.45) is 4.99 Å². The topological polar surface area (TPSA) is 56.7 Å². The van der Waals surface area contributed by atoms with Crippen LogP contribution in [0.1, 0.15) is 16.9 Å². The molecule has 0 radical (unpaired) electrons. The summed E-state index contributed by atoms with van der Waals surface area (Å²) >= 11 is 1.79. The highest BCUT2D eigenvalue weighted by Crippen LogP contribution is 2.24. The summed E-state index contributed by atoms with van der Waals surface area (Å²) < 4.78 is 0. The number of carbonyl (C=O) groups is 1. The third-order valence-corrected chi connectivity index (χ3v) is 4.45. The van der Waals surface area contributed by atoms with Crippen LogP contribution in [0.3, 0.4) is 0 Å². The van der Waals surface area contributed by atoms with Crippen molar-refractivity contribution in [1.82, 2.24) is 15.5 Å². The summed E-state index contributed by atoms with van der Waals surface area (Å²) in [4.78, 5) is 19.7. The maximum Gasteiger partial charge on any atom is 0.224 e. The Bertz CT molecular complexity index is 523. The number of nitrogens with one attached hydrogen (secondary N) is 2. The van der Waals surface area contributed by atoms with Gasteiger partial charge in [-0.2, -0.15) is 0 Å². The number of hydrogen-bond donors (Lipinski definition) is 2. The number of hydrogen-bond acceptors (Lipinski definition) is 3. The Morgan fingerprint density at radius 1 is 1.57 bits per heavy atom. The molecule has 6 heteroatoms. The summed E-state index contributed by atoms with van der Waals surface area (Å²) in [5, 5.41) is 8.32. The molecule has 0 atom stereocenters. The molecule has 0 saturated carbocycles. The van der Waals surface area contributed by atoms with Crippen molar-refractivity contribution in [2.45, 2.75) is 19.4 Å². The van der Waals surface area contributed by atoms with Gasteiger partial charge in [0.1, 0.15) is 0 Å². The van der Waals surface area contributed by atoms with Gasteiger partial charge < -0.3 is 15.5 Å². The number of carbonyl (C=O) groups excluding carboxylic acids is 1. The number of thiophene rings is 1. The van der Waals surface area contributed by atoms with Gasteiger partial charge in [-0.15, -0.1) is 17.9 Å². The Kier molecular flexibility index (Phi) is 5.80. The van der Waals surface area contributed by atoms with Crippen molar-refractivity contribution >= 4 is 23.2 Å². The van der Waals surface area contributed by atoms with E-state index in [0.29, 0.717) is 25.5 Å². The van der Waals surface area contributed by atoms with Gasteiger partial charge in [-0.1, -0.05) is 6.08 Å². The maximum atomic E-state index is 12.2. The fourth-order valence-corrected chi connectivity index (χ4v) is 3.19. The zero-order chi connectivity index (χ0) is 15.1. The number of amides is 1. The Morgan fingerprint density at radius 2 is 2.43 bits per heavy atom. The van der Waals surface area contributed by atoms with Crippen LogP contribution in [0.4, 0.5) is 0 Å². The Balaban J connectivity index is 1.74. The van der Waals surface area contributed by atoms with Gasteiger partial charge in [0.2, 0.25) is 5.91 Å². The second-order valence-electron chi connectivity index (χ2n) is 4.85. The van der Waals surface area contributed by atoms with Crippen LogP contribution in [-0.2, 0) is 17.8 Å². The first-order valence-corrected chi connectivity index (χ1v) is 8.01. The second kappa shape index (κ2) is 7.83. The number of rotatable bonds is 5. The van der Waals surface area contributed by atoms with E-state index in [-0.39, 0.29) is 5.91 Å². The van der Waals surface area contributed by atoms with Gasteiger partial charge in [0, 0.05) is 44.5 Å². The molecule has 1 aliphatic heterocycles. The summed E-state index contributed by atoms with van der Waals surface area (Å²) in [7, 11) is 1.71. The lowest BCUT2D eigenvalue weighted by molar-refractivity contribution is -0.131. The highest BCUT2D eigenvalue weighted by molar-refractivity contribution is 7.10. The van der Waals surface area contributed by atoms with Crippen LogP contribution >= 0.6 is 11.3 Å². The predicted molar refractivity (Wildman–Crippen MR) is 87.6 cm³/mol. The number of guanidine groups is 1. The third-order valence-electron chi connectivity index (χ3n) is 3.43. The smallest absolute Gasteiger partial charge is 0.224 e. The average Bonchev–Trinajstić information content (AvgIpc) is 2.97. The van der Waals surface area contributed by atoms with Crippen LogP contribution < -0.4 is 10.6 Å².